The number of amides is 3. The van der Waals surface area contributed by atoms with Crippen molar-refractivity contribution < 1.29 is 14.3 Å². The third-order valence-corrected chi connectivity index (χ3v) is 2.71. The second-order valence-electron chi connectivity index (χ2n) is 4.31. The minimum Gasteiger partial charge on any atom is -0.477 e. The van der Waals surface area contributed by atoms with Crippen LogP contribution in [-0.2, 0) is 0 Å². The number of nitrogens with zero attached hydrogens (tertiary/aromatic N) is 1. The van der Waals surface area contributed by atoms with Crippen molar-refractivity contribution in [1.82, 2.24) is 4.98 Å². The summed E-state index contributed by atoms with van der Waals surface area (Å²) in [6.45, 7) is 2.24. The van der Waals surface area contributed by atoms with Crippen LogP contribution in [0.5, 0.6) is 5.88 Å². The molecule has 7 nitrogen and oxygen atoms in total. The summed E-state index contributed by atoms with van der Waals surface area (Å²) in [6.07, 6.45) is 1.56. The van der Waals surface area contributed by atoms with E-state index in [1.54, 1.807) is 42.6 Å². The summed E-state index contributed by atoms with van der Waals surface area (Å²) < 4.78 is 5.33. The lowest BCUT2D eigenvalue weighted by Crippen LogP contribution is -2.19. The number of pyridine rings is 1. The fraction of sp³-hybridized carbons (Fsp3) is 0.133. The van der Waals surface area contributed by atoms with Crippen molar-refractivity contribution in [3.8, 4) is 5.88 Å². The van der Waals surface area contributed by atoms with E-state index < -0.39 is 6.03 Å². The van der Waals surface area contributed by atoms with Gasteiger partial charge in [-0.2, -0.15) is 0 Å². The summed E-state index contributed by atoms with van der Waals surface area (Å²) in [6, 6.07) is 9.22. The molecule has 0 saturated heterocycles. The number of primary amides is 1. The van der Waals surface area contributed by atoms with Crippen LogP contribution >= 0.6 is 0 Å². The van der Waals surface area contributed by atoms with Crippen LogP contribution in [0, 0.1) is 0 Å². The van der Waals surface area contributed by atoms with Gasteiger partial charge in [0, 0.05) is 17.6 Å². The number of benzene rings is 1. The van der Waals surface area contributed by atoms with Crippen molar-refractivity contribution >= 4 is 23.3 Å². The summed E-state index contributed by atoms with van der Waals surface area (Å²) in [5, 5.41) is 5.17. The maximum absolute atomic E-state index is 12.3. The van der Waals surface area contributed by atoms with Crippen LogP contribution < -0.4 is 21.1 Å². The zero-order chi connectivity index (χ0) is 15.9. The normalized spacial score (nSPS) is 9.86. The first-order chi connectivity index (χ1) is 10.6. The number of nitrogens with one attached hydrogen (secondary N) is 2. The van der Waals surface area contributed by atoms with E-state index in [-0.39, 0.29) is 11.8 Å². The number of carbonyl (C=O) groups is 2. The second-order valence-corrected chi connectivity index (χ2v) is 4.31. The van der Waals surface area contributed by atoms with E-state index >= 15 is 0 Å². The van der Waals surface area contributed by atoms with E-state index in [0.29, 0.717) is 23.5 Å². The minimum atomic E-state index is -0.645. The third kappa shape index (κ3) is 3.95. The SMILES string of the molecule is CCOc1ncccc1C(=O)Nc1ccc(NC(N)=O)cc1. The summed E-state index contributed by atoms with van der Waals surface area (Å²) in [4.78, 5) is 27.0. The van der Waals surface area contributed by atoms with E-state index in [1.807, 2.05) is 6.92 Å². The first-order valence-electron chi connectivity index (χ1n) is 6.66. The first-order valence-corrected chi connectivity index (χ1v) is 6.66. The van der Waals surface area contributed by atoms with Gasteiger partial charge in [0.05, 0.1) is 6.61 Å². The van der Waals surface area contributed by atoms with Crippen LogP contribution in [0.1, 0.15) is 17.3 Å². The van der Waals surface area contributed by atoms with Crippen molar-refractivity contribution in [2.75, 3.05) is 17.2 Å². The Bertz CT molecular complexity index is 671. The van der Waals surface area contributed by atoms with Crippen molar-refractivity contribution in [2.24, 2.45) is 5.73 Å². The number of carbonyl (C=O) groups excluding carboxylic acids is 2. The average molecular weight is 300 g/mol. The third-order valence-electron chi connectivity index (χ3n) is 2.71. The highest BCUT2D eigenvalue weighted by atomic mass is 16.5. The molecule has 0 unspecified atom stereocenters. The van der Waals surface area contributed by atoms with Gasteiger partial charge in [0.25, 0.3) is 5.91 Å². The van der Waals surface area contributed by atoms with Gasteiger partial charge in [0.1, 0.15) is 5.56 Å². The molecule has 114 valence electrons. The number of rotatable bonds is 5. The second kappa shape index (κ2) is 7.07. The van der Waals surface area contributed by atoms with E-state index in [4.69, 9.17) is 10.5 Å². The molecule has 0 aliphatic rings. The molecule has 1 aromatic heterocycles. The van der Waals surface area contributed by atoms with Crippen LogP contribution in [0.3, 0.4) is 0 Å². The molecule has 0 bridgehead atoms. The van der Waals surface area contributed by atoms with E-state index in [0.717, 1.165) is 0 Å². The van der Waals surface area contributed by atoms with Gasteiger partial charge >= 0.3 is 6.03 Å². The lowest BCUT2D eigenvalue weighted by atomic mass is 10.2. The van der Waals surface area contributed by atoms with Crippen LogP contribution in [-0.4, -0.2) is 23.5 Å². The Morgan fingerprint density at radius 2 is 1.77 bits per heavy atom. The average Bonchev–Trinajstić information content (AvgIpc) is 2.49. The molecule has 1 aromatic carbocycles. The molecule has 3 amide bonds. The molecule has 0 aliphatic carbocycles. The predicted octanol–water partition coefficient (Wildman–Crippen LogP) is 2.22. The van der Waals surface area contributed by atoms with Gasteiger partial charge in [-0.15, -0.1) is 0 Å². The van der Waals surface area contributed by atoms with Crippen LogP contribution in [0.15, 0.2) is 42.6 Å². The van der Waals surface area contributed by atoms with E-state index in [2.05, 4.69) is 15.6 Å². The number of ether oxygens (including phenoxy) is 1. The molecule has 0 fully saturated rings. The number of anilines is 2. The summed E-state index contributed by atoms with van der Waals surface area (Å²) in [5.74, 6) is -0.0401. The Balaban J connectivity index is 2.10. The Morgan fingerprint density at radius 1 is 1.14 bits per heavy atom. The molecular formula is C15H16N4O3. The topological polar surface area (TPSA) is 106 Å². The molecule has 0 saturated carbocycles. The van der Waals surface area contributed by atoms with E-state index in [9.17, 15) is 9.59 Å². The van der Waals surface area contributed by atoms with Gasteiger partial charge in [-0.3, -0.25) is 4.79 Å². The molecular weight excluding hydrogens is 284 g/mol. The molecule has 7 heteroatoms. The highest BCUT2D eigenvalue weighted by molar-refractivity contribution is 6.05. The van der Waals surface area contributed by atoms with Crippen LogP contribution in [0.4, 0.5) is 16.2 Å². The number of hydrogen-bond acceptors (Lipinski definition) is 4. The fourth-order valence-corrected chi connectivity index (χ4v) is 1.79. The quantitative estimate of drug-likeness (QED) is 0.787. The van der Waals surface area contributed by atoms with Crippen molar-refractivity contribution in [3.05, 3.63) is 48.2 Å². The Kier molecular flexibility index (Phi) is 4.92. The van der Waals surface area contributed by atoms with Crippen molar-refractivity contribution in [3.63, 3.8) is 0 Å². The smallest absolute Gasteiger partial charge is 0.316 e. The van der Waals surface area contributed by atoms with Gasteiger partial charge in [0.2, 0.25) is 5.88 Å². The minimum absolute atomic E-state index is 0.287. The maximum atomic E-state index is 12.3. The van der Waals surface area contributed by atoms with Gasteiger partial charge in [-0.05, 0) is 43.3 Å². The number of hydrogen-bond donors (Lipinski definition) is 3. The zero-order valence-electron chi connectivity index (χ0n) is 12.0. The van der Waals surface area contributed by atoms with Gasteiger partial charge in [-0.25, -0.2) is 9.78 Å². The lowest BCUT2D eigenvalue weighted by Gasteiger charge is -2.10. The highest BCUT2D eigenvalue weighted by Gasteiger charge is 2.13. The molecule has 1 heterocycles. The maximum Gasteiger partial charge on any atom is 0.316 e. The largest absolute Gasteiger partial charge is 0.477 e. The number of aromatic nitrogens is 1. The fourth-order valence-electron chi connectivity index (χ4n) is 1.79. The van der Waals surface area contributed by atoms with E-state index in [1.165, 1.54) is 0 Å². The Hall–Kier alpha value is -3.09. The Morgan fingerprint density at radius 3 is 2.36 bits per heavy atom. The monoisotopic (exact) mass is 300 g/mol. The first kappa shape index (κ1) is 15.3. The molecule has 0 aliphatic heterocycles. The van der Waals surface area contributed by atoms with Gasteiger partial charge in [-0.1, -0.05) is 0 Å². The lowest BCUT2D eigenvalue weighted by molar-refractivity contribution is 0.102. The molecule has 2 rings (SSSR count). The molecule has 0 atom stereocenters. The molecule has 2 aromatic rings. The predicted molar refractivity (Wildman–Crippen MR) is 83.0 cm³/mol. The van der Waals surface area contributed by atoms with Crippen molar-refractivity contribution in [2.45, 2.75) is 6.92 Å². The van der Waals surface area contributed by atoms with Gasteiger partial charge < -0.3 is 21.1 Å². The summed E-state index contributed by atoms with van der Waals surface area (Å²) in [5.41, 5.74) is 6.49. The number of nitrogens with two attached hydrogens (primary N) is 1. The highest BCUT2D eigenvalue weighted by Crippen LogP contribution is 2.18. The van der Waals surface area contributed by atoms with Gasteiger partial charge in [0.15, 0.2) is 0 Å². The molecule has 4 N–H and O–H groups in total. The summed E-state index contributed by atoms with van der Waals surface area (Å²) in [7, 11) is 0. The van der Waals surface area contributed by atoms with Crippen molar-refractivity contribution in [1.29, 1.82) is 0 Å². The molecule has 0 radical (unpaired) electrons. The molecule has 22 heavy (non-hydrogen) atoms. The Labute approximate surface area is 127 Å². The standard InChI is InChI=1S/C15H16N4O3/c1-2-22-14-12(4-3-9-17-14)13(20)18-10-5-7-11(8-6-10)19-15(16)21/h3-9H,2H2,1H3,(H,18,20)(H3,16,19,21). The number of urea groups is 1. The summed E-state index contributed by atoms with van der Waals surface area (Å²) >= 11 is 0. The molecule has 0 spiro atoms. The van der Waals surface area contributed by atoms with Crippen LogP contribution in [0.25, 0.3) is 0 Å². The van der Waals surface area contributed by atoms with Crippen LogP contribution in [0.2, 0.25) is 0 Å². The zero-order valence-corrected chi connectivity index (χ0v) is 12.0.